The minimum Gasteiger partial charge on any atom is -0.496 e. The van der Waals surface area contributed by atoms with Crippen LogP contribution in [0.25, 0.3) is 11.1 Å². The Morgan fingerprint density at radius 2 is 1.69 bits per heavy atom. The fourth-order valence-electron chi connectivity index (χ4n) is 5.11. The Labute approximate surface area is 218 Å². The van der Waals surface area contributed by atoms with Gasteiger partial charge in [-0.1, -0.05) is 24.3 Å². The van der Waals surface area contributed by atoms with Crippen molar-refractivity contribution < 1.29 is 14.3 Å². The molecule has 5 rings (SSSR count). The van der Waals surface area contributed by atoms with Gasteiger partial charge in [-0.3, -0.25) is 9.59 Å². The summed E-state index contributed by atoms with van der Waals surface area (Å²) in [6.45, 7) is 4.30. The SMILES string of the molecule is COc1ccccc1-c1ccc(NC(=O)c2ccc(NCCN3CCCC3)cc2)c2c1CCC2=O.Cl. The van der Waals surface area contributed by atoms with Crippen LogP contribution in [-0.4, -0.2) is 49.9 Å². The Hall–Kier alpha value is -3.35. The van der Waals surface area contributed by atoms with E-state index in [1.54, 1.807) is 7.11 Å². The molecule has 0 spiro atoms. The van der Waals surface area contributed by atoms with Gasteiger partial charge in [0.1, 0.15) is 5.75 Å². The molecule has 1 aliphatic heterocycles. The Kier molecular flexibility index (Phi) is 8.28. The first-order valence-corrected chi connectivity index (χ1v) is 12.3. The maximum Gasteiger partial charge on any atom is 0.255 e. The van der Waals surface area contributed by atoms with E-state index in [9.17, 15) is 9.59 Å². The number of fused-ring (bicyclic) bond motifs is 1. The third kappa shape index (κ3) is 5.40. The van der Waals surface area contributed by atoms with Gasteiger partial charge in [0.15, 0.2) is 5.78 Å². The highest BCUT2D eigenvalue weighted by Gasteiger charge is 2.28. The molecule has 1 amide bonds. The number of para-hydroxylation sites is 1. The van der Waals surface area contributed by atoms with Crippen LogP contribution >= 0.6 is 12.4 Å². The molecule has 2 N–H and O–H groups in total. The molecule has 36 heavy (non-hydrogen) atoms. The van der Waals surface area contributed by atoms with Crippen LogP contribution in [0.3, 0.4) is 0 Å². The maximum atomic E-state index is 13.0. The number of benzene rings is 3. The summed E-state index contributed by atoms with van der Waals surface area (Å²) >= 11 is 0. The monoisotopic (exact) mass is 505 g/mol. The van der Waals surface area contributed by atoms with Crippen LogP contribution in [0.15, 0.2) is 60.7 Å². The third-order valence-electron chi connectivity index (χ3n) is 6.94. The molecular weight excluding hydrogens is 474 g/mol. The zero-order valence-corrected chi connectivity index (χ0v) is 21.3. The maximum absolute atomic E-state index is 13.0. The summed E-state index contributed by atoms with van der Waals surface area (Å²) in [6.07, 6.45) is 3.69. The van der Waals surface area contributed by atoms with Crippen LogP contribution in [0.4, 0.5) is 11.4 Å². The molecular formula is C29H32ClN3O3. The van der Waals surface area contributed by atoms with E-state index in [-0.39, 0.29) is 24.1 Å². The fraction of sp³-hybridized carbons (Fsp3) is 0.310. The van der Waals surface area contributed by atoms with Gasteiger partial charge in [-0.2, -0.15) is 0 Å². The van der Waals surface area contributed by atoms with Gasteiger partial charge in [0.05, 0.1) is 12.8 Å². The lowest BCUT2D eigenvalue weighted by atomic mass is 9.95. The second-order valence-electron chi connectivity index (χ2n) is 9.14. The second-order valence-corrected chi connectivity index (χ2v) is 9.14. The number of carbonyl (C=O) groups is 2. The molecule has 0 atom stereocenters. The first-order valence-electron chi connectivity index (χ1n) is 12.3. The van der Waals surface area contributed by atoms with Crippen molar-refractivity contribution in [1.29, 1.82) is 0 Å². The Balaban J connectivity index is 0.00000304. The summed E-state index contributed by atoms with van der Waals surface area (Å²) < 4.78 is 5.54. The topological polar surface area (TPSA) is 70.7 Å². The highest BCUT2D eigenvalue weighted by atomic mass is 35.5. The number of Topliss-reactive ketones (excluding diaryl/α,β-unsaturated/α-hetero) is 1. The van der Waals surface area contributed by atoms with Crippen LogP contribution in [0.1, 0.15) is 45.5 Å². The van der Waals surface area contributed by atoms with Crippen molar-refractivity contribution in [3.63, 3.8) is 0 Å². The average molecular weight is 506 g/mol. The Morgan fingerprint density at radius 3 is 2.44 bits per heavy atom. The number of carbonyl (C=O) groups excluding carboxylic acids is 2. The molecule has 188 valence electrons. The van der Waals surface area contributed by atoms with E-state index in [1.807, 2.05) is 60.7 Å². The number of nitrogens with zero attached hydrogens (tertiary/aromatic N) is 1. The first kappa shape index (κ1) is 25.7. The predicted molar refractivity (Wildman–Crippen MR) is 147 cm³/mol. The quantitative estimate of drug-likeness (QED) is 0.412. The normalized spacial score (nSPS) is 14.8. The first-order chi connectivity index (χ1) is 17.1. The van der Waals surface area contributed by atoms with Crippen molar-refractivity contribution in [2.45, 2.75) is 25.7 Å². The lowest BCUT2D eigenvalue weighted by molar-refractivity contribution is 0.0995. The number of ketones is 1. The fourth-order valence-corrected chi connectivity index (χ4v) is 5.11. The van der Waals surface area contributed by atoms with Crippen molar-refractivity contribution in [1.82, 2.24) is 4.90 Å². The molecule has 6 nitrogen and oxygen atoms in total. The standard InChI is InChI=1S/C29H31N3O3.ClH/c1-35-27-7-3-2-6-23(27)22-12-14-25(28-24(22)13-15-26(28)33)31-29(34)20-8-10-21(11-9-20)30-16-19-32-17-4-5-18-32;/h2-3,6-12,14,30H,4-5,13,15-19H2,1H3,(H,31,34);1H. The number of likely N-dealkylation sites (tertiary alicyclic amines) is 1. The predicted octanol–water partition coefficient (Wildman–Crippen LogP) is 5.67. The average Bonchev–Trinajstić information content (AvgIpc) is 3.55. The summed E-state index contributed by atoms with van der Waals surface area (Å²) in [4.78, 5) is 28.3. The summed E-state index contributed by atoms with van der Waals surface area (Å²) in [5.41, 5.74) is 5.63. The van der Waals surface area contributed by atoms with Gasteiger partial charge in [0.25, 0.3) is 5.91 Å². The molecule has 1 fully saturated rings. The summed E-state index contributed by atoms with van der Waals surface area (Å²) in [6, 6.07) is 19.1. The molecule has 1 saturated heterocycles. The zero-order valence-electron chi connectivity index (χ0n) is 20.5. The minimum absolute atomic E-state index is 0. The van der Waals surface area contributed by atoms with E-state index in [1.165, 1.54) is 25.9 Å². The molecule has 7 heteroatoms. The van der Waals surface area contributed by atoms with Crippen LogP contribution in [0, 0.1) is 0 Å². The van der Waals surface area contributed by atoms with Crippen LogP contribution in [0.5, 0.6) is 5.75 Å². The van der Waals surface area contributed by atoms with Gasteiger partial charge < -0.3 is 20.3 Å². The third-order valence-corrected chi connectivity index (χ3v) is 6.94. The number of methoxy groups -OCH3 is 1. The molecule has 3 aromatic rings. The number of rotatable bonds is 8. The summed E-state index contributed by atoms with van der Waals surface area (Å²) in [5, 5.41) is 6.41. The minimum atomic E-state index is -0.222. The largest absolute Gasteiger partial charge is 0.496 e. The molecule has 0 saturated carbocycles. The zero-order chi connectivity index (χ0) is 24.2. The van der Waals surface area contributed by atoms with Crippen LogP contribution in [0.2, 0.25) is 0 Å². The van der Waals surface area contributed by atoms with E-state index in [0.717, 1.165) is 41.2 Å². The van der Waals surface area contributed by atoms with E-state index < -0.39 is 0 Å². The molecule has 1 aliphatic carbocycles. The van der Waals surface area contributed by atoms with Crippen molar-refractivity contribution in [3.8, 4) is 16.9 Å². The van der Waals surface area contributed by atoms with Crippen molar-refractivity contribution in [2.75, 3.05) is 43.9 Å². The van der Waals surface area contributed by atoms with Crippen LogP contribution < -0.4 is 15.4 Å². The summed E-state index contributed by atoms with van der Waals surface area (Å²) in [7, 11) is 1.65. The van der Waals surface area contributed by atoms with E-state index in [0.29, 0.717) is 29.7 Å². The molecule has 0 unspecified atom stereocenters. The molecule has 2 aliphatic rings. The molecule has 0 bridgehead atoms. The number of hydrogen-bond acceptors (Lipinski definition) is 5. The second kappa shape index (κ2) is 11.6. The number of halogens is 1. The number of anilines is 2. The Bertz CT molecular complexity index is 1240. The van der Waals surface area contributed by atoms with Crippen molar-refractivity contribution >= 4 is 35.5 Å². The van der Waals surface area contributed by atoms with Crippen molar-refractivity contribution in [3.05, 3.63) is 77.4 Å². The smallest absolute Gasteiger partial charge is 0.255 e. The highest BCUT2D eigenvalue weighted by molar-refractivity contribution is 6.12. The van der Waals surface area contributed by atoms with Gasteiger partial charge >= 0.3 is 0 Å². The highest BCUT2D eigenvalue weighted by Crippen LogP contribution is 2.40. The van der Waals surface area contributed by atoms with Crippen LogP contribution in [-0.2, 0) is 6.42 Å². The van der Waals surface area contributed by atoms with Crippen molar-refractivity contribution in [2.24, 2.45) is 0 Å². The summed E-state index contributed by atoms with van der Waals surface area (Å²) in [5.74, 6) is 0.602. The van der Waals surface area contributed by atoms with Gasteiger partial charge in [-0.05, 0) is 79.9 Å². The Morgan fingerprint density at radius 1 is 0.944 bits per heavy atom. The van der Waals surface area contributed by atoms with E-state index >= 15 is 0 Å². The lowest BCUT2D eigenvalue weighted by Crippen LogP contribution is -2.25. The number of amides is 1. The molecule has 0 radical (unpaired) electrons. The molecule has 1 heterocycles. The number of nitrogens with one attached hydrogen (secondary N) is 2. The van der Waals surface area contributed by atoms with Gasteiger partial charge in [0, 0.05) is 41.9 Å². The molecule has 0 aromatic heterocycles. The van der Waals surface area contributed by atoms with Gasteiger partial charge in [-0.15, -0.1) is 12.4 Å². The van der Waals surface area contributed by atoms with E-state index in [2.05, 4.69) is 15.5 Å². The molecule has 3 aromatic carbocycles. The van der Waals surface area contributed by atoms with Gasteiger partial charge in [0.2, 0.25) is 0 Å². The lowest BCUT2D eigenvalue weighted by Gasteiger charge is -2.16. The number of ether oxygens (including phenoxy) is 1. The van der Waals surface area contributed by atoms with Gasteiger partial charge in [-0.25, -0.2) is 0 Å². The van der Waals surface area contributed by atoms with E-state index in [4.69, 9.17) is 4.74 Å². The number of hydrogen-bond donors (Lipinski definition) is 2.